The molecule has 0 unspecified atom stereocenters. The SMILES string of the molecule is Cc1c(/C=C/C2(C)SCCCS2)[nH]c2ccccc12. The van der Waals surface area contributed by atoms with Crippen molar-refractivity contribution in [1.29, 1.82) is 0 Å². The summed E-state index contributed by atoms with van der Waals surface area (Å²) in [4.78, 5) is 3.52. The molecule has 2 aromatic rings. The van der Waals surface area contributed by atoms with Crippen LogP contribution in [0.4, 0.5) is 0 Å². The van der Waals surface area contributed by atoms with Gasteiger partial charge in [-0.15, -0.1) is 23.5 Å². The summed E-state index contributed by atoms with van der Waals surface area (Å²) in [5.74, 6) is 2.55. The van der Waals surface area contributed by atoms with Gasteiger partial charge in [-0.1, -0.05) is 24.3 Å². The van der Waals surface area contributed by atoms with Gasteiger partial charge in [-0.25, -0.2) is 0 Å². The molecule has 100 valence electrons. The molecule has 1 saturated heterocycles. The van der Waals surface area contributed by atoms with Crippen LogP contribution in [0.1, 0.15) is 24.6 Å². The number of hydrogen-bond donors (Lipinski definition) is 1. The molecule has 0 saturated carbocycles. The molecule has 0 aliphatic carbocycles. The molecule has 1 N–H and O–H groups in total. The zero-order chi connectivity index (χ0) is 13.3. The third kappa shape index (κ3) is 2.72. The molecular formula is C16H19NS2. The number of para-hydroxylation sites is 1. The molecule has 0 radical (unpaired) electrons. The zero-order valence-corrected chi connectivity index (χ0v) is 13.0. The van der Waals surface area contributed by atoms with E-state index in [1.165, 1.54) is 40.1 Å². The number of hydrogen-bond acceptors (Lipinski definition) is 2. The Balaban J connectivity index is 1.90. The first-order valence-electron chi connectivity index (χ1n) is 6.72. The highest BCUT2D eigenvalue weighted by molar-refractivity contribution is 8.19. The monoisotopic (exact) mass is 289 g/mol. The van der Waals surface area contributed by atoms with E-state index in [-0.39, 0.29) is 4.08 Å². The lowest BCUT2D eigenvalue weighted by Gasteiger charge is -2.29. The second-order valence-electron chi connectivity index (χ2n) is 5.11. The first kappa shape index (κ1) is 13.2. The van der Waals surface area contributed by atoms with Gasteiger partial charge in [-0.05, 0) is 49.5 Å². The van der Waals surface area contributed by atoms with Crippen LogP contribution in [0.3, 0.4) is 0 Å². The Morgan fingerprint density at radius 3 is 2.68 bits per heavy atom. The Kier molecular flexibility index (Phi) is 3.68. The highest BCUT2D eigenvalue weighted by Gasteiger charge is 2.25. The molecule has 1 aromatic heterocycles. The Bertz CT molecular complexity index is 606. The van der Waals surface area contributed by atoms with Crippen LogP contribution in [0.2, 0.25) is 0 Å². The number of aromatic amines is 1. The number of aryl methyl sites for hydroxylation is 1. The first-order valence-corrected chi connectivity index (χ1v) is 8.69. The van der Waals surface area contributed by atoms with Crippen molar-refractivity contribution in [2.45, 2.75) is 24.3 Å². The average Bonchev–Trinajstić information content (AvgIpc) is 2.75. The second-order valence-corrected chi connectivity index (χ2v) is 8.46. The van der Waals surface area contributed by atoms with Gasteiger partial charge in [0.25, 0.3) is 0 Å². The minimum Gasteiger partial charge on any atom is -0.355 e. The smallest absolute Gasteiger partial charge is 0.0767 e. The lowest BCUT2D eigenvalue weighted by molar-refractivity contribution is 1.05. The van der Waals surface area contributed by atoms with Crippen LogP contribution < -0.4 is 0 Å². The van der Waals surface area contributed by atoms with Crippen molar-refractivity contribution in [2.24, 2.45) is 0 Å². The minimum atomic E-state index is 0.238. The standard InChI is InChI=1S/C16H19NS2/c1-12-13-6-3-4-7-15(13)17-14(12)8-9-16(2)18-10-5-11-19-16/h3-4,6-9,17H,5,10-11H2,1-2H3/b9-8+. The number of benzene rings is 1. The van der Waals surface area contributed by atoms with Crippen LogP contribution in [0.15, 0.2) is 30.3 Å². The first-order chi connectivity index (χ1) is 9.18. The molecule has 0 atom stereocenters. The van der Waals surface area contributed by atoms with E-state index in [1.807, 2.05) is 0 Å². The number of aromatic nitrogens is 1. The van der Waals surface area contributed by atoms with Crippen molar-refractivity contribution in [3.63, 3.8) is 0 Å². The van der Waals surface area contributed by atoms with Gasteiger partial charge in [0.2, 0.25) is 0 Å². The summed E-state index contributed by atoms with van der Waals surface area (Å²) in [6, 6.07) is 8.51. The van der Waals surface area contributed by atoms with E-state index in [1.54, 1.807) is 0 Å². The predicted molar refractivity (Wildman–Crippen MR) is 90.0 cm³/mol. The fourth-order valence-corrected chi connectivity index (χ4v) is 5.18. The molecule has 1 fully saturated rings. The van der Waals surface area contributed by atoms with E-state index in [0.717, 1.165) is 0 Å². The van der Waals surface area contributed by atoms with Crippen molar-refractivity contribution in [3.05, 3.63) is 41.6 Å². The Morgan fingerprint density at radius 2 is 1.95 bits per heavy atom. The molecule has 0 spiro atoms. The number of rotatable bonds is 2. The van der Waals surface area contributed by atoms with E-state index < -0.39 is 0 Å². The highest BCUT2D eigenvalue weighted by atomic mass is 32.2. The third-order valence-corrected chi connectivity index (χ3v) is 6.73. The molecule has 0 bridgehead atoms. The molecule has 1 aromatic carbocycles. The quantitative estimate of drug-likeness (QED) is 0.830. The lowest BCUT2D eigenvalue weighted by atomic mass is 10.1. The minimum absolute atomic E-state index is 0.238. The predicted octanol–water partition coefficient (Wildman–Crippen LogP) is 5.08. The number of H-pyrrole nitrogens is 1. The molecule has 3 heteroatoms. The van der Waals surface area contributed by atoms with Gasteiger partial charge >= 0.3 is 0 Å². The van der Waals surface area contributed by atoms with Crippen LogP contribution in [0.5, 0.6) is 0 Å². The normalized spacial score (nSPS) is 19.3. The van der Waals surface area contributed by atoms with Crippen LogP contribution >= 0.6 is 23.5 Å². The highest BCUT2D eigenvalue weighted by Crippen LogP contribution is 2.43. The second kappa shape index (κ2) is 5.29. The van der Waals surface area contributed by atoms with Gasteiger partial charge in [-0.3, -0.25) is 0 Å². The van der Waals surface area contributed by atoms with Crippen molar-refractivity contribution >= 4 is 40.5 Å². The fourth-order valence-electron chi connectivity index (χ4n) is 2.45. The summed E-state index contributed by atoms with van der Waals surface area (Å²) in [5.41, 5.74) is 3.82. The molecule has 3 rings (SSSR count). The summed E-state index contributed by atoms with van der Waals surface area (Å²) < 4.78 is 0.238. The summed E-state index contributed by atoms with van der Waals surface area (Å²) in [7, 11) is 0. The van der Waals surface area contributed by atoms with Gasteiger partial charge < -0.3 is 4.98 Å². The van der Waals surface area contributed by atoms with E-state index in [2.05, 4.69) is 78.8 Å². The Morgan fingerprint density at radius 1 is 1.21 bits per heavy atom. The summed E-state index contributed by atoms with van der Waals surface area (Å²) in [6.07, 6.45) is 5.96. The third-order valence-electron chi connectivity index (χ3n) is 3.62. The van der Waals surface area contributed by atoms with Gasteiger partial charge in [-0.2, -0.15) is 0 Å². The molecule has 1 aliphatic heterocycles. The summed E-state index contributed by atoms with van der Waals surface area (Å²) in [5, 5.41) is 1.33. The van der Waals surface area contributed by atoms with Crippen molar-refractivity contribution in [2.75, 3.05) is 11.5 Å². The molecule has 2 heterocycles. The molecule has 0 amide bonds. The maximum absolute atomic E-state index is 3.52. The van der Waals surface area contributed by atoms with E-state index in [9.17, 15) is 0 Å². The Labute approximate surface area is 123 Å². The summed E-state index contributed by atoms with van der Waals surface area (Å²) >= 11 is 4.12. The van der Waals surface area contributed by atoms with Crippen LogP contribution in [0.25, 0.3) is 17.0 Å². The number of nitrogens with one attached hydrogen (secondary N) is 1. The Hall–Kier alpha value is -0.800. The average molecular weight is 289 g/mol. The molecule has 1 nitrogen and oxygen atoms in total. The fraction of sp³-hybridized carbons (Fsp3) is 0.375. The van der Waals surface area contributed by atoms with Crippen LogP contribution in [0, 0.1) is 6.92 Å². The maximum Gasteiger partial charge on any atom is 0.0767 e. The summed E-state index contributed by atoms with van der Waals surface area (Å²) in [6.45, 7) is 4.53. The largest absolute Gasteiger partial charge is 0.355 e. The van der Waals surface area contributed by atoms with Gasteiger partial charge in [0.15, 0.2) is 0 Å². The molecule has 1 aliphatic rings. The number of fused-ring (bicyclic) bond motifs is 1. The number of thioether (sulfide) groups is 2. The molecule has 19 heavy (non-hydrogen) atoms. The topological polar surface area (TPSA) is 15.8 Å². The van der Waals surface area contributed by atoms with Gasteiger partial charge in [0.1, 0.15) is 0 Å². The zero-order valence-electron chi connectivity index (χ0n) is 11.4. The maximum atomic E-state index is 3.52. The van der Waals surface area contributed by atoms with Crippen molar-refractivity contribution in [1.82, 2.24) is 4.98 Å². The van der Waals surface area contributed by atoms with Crippen LogP contribution in [-0.2, 0) is 0 Å². The van der Waals surface area contributed by atoms with Crippen LogP contribution in [-0.4, -0.2) is 20.6 Å². The molecular weight excluding hydrogens is 270 g/mol. The van der Waals surface area contributed by atoms with E-state index in [4.69, 9.17) is 0 Å². The van der Waals surface area contributed by atoms with Gasteiger partial charge in [0, 0.05) is 16.6 Å². The van der Waals surface area contributed by atoms with Crippen molar-refractivity contribution in [3.8, 4) is 0 Å². The van der Waals surface area contributed by atoms with Gasteiger partial charge in [0.05, 0.1) is 4.08 Å². The van der Waals surface area contributed by atoms with E-state index in [0.29, 0.717) is 0 Å². The van der Waals surface area contributed by atoms with Crippen molar-refractivity contribution < 1.29 is 0 Å². The van der Waals surface area contributed by atoms with E-state index >= 15 is 0 Å². The lowest BCUT2D eigenvalue weighted by Crippen LogP contribution is -2.17.